The molecule has 2 atom stereocenters. The molecule has 0 aromatic heterocycles. The van der Waals surface area contributed by atoms with Crippen LogP contribution >= 0.6 is 0 Å². The van der Waals surface area contributed by atoms with Gasteiger partial charge in [0.25, 0.3) is 0 Å². The molecule has 102 valence electrons. The number of ether oxygens (including phenoxy) is 1. The molecule has 2 unspecified atom stereocenters. The van der Waals surface area contributed by atoms with E-state index in [1.54, 1.807) is 0 Å². The van der Waals surface area contributed by atoms with E-state index >= 15 is 0 Å². The lowest BCUT2D eigenvalue weighted by molar-refractivity contribution is 0.131. The highest BCUT2D eigenvalue weighted by Gasteiger charge is 2.17. The van der Waals surface area contributed by atoms with E-state index in [0.29, 0.717) is 12.6 Å². The van der Waals surface area contributed by atoms with Gasteiger partial charge in [-0.2, -0.15) is 0 Å². The van der Waals surface area contributed by atoms with E-state index in [1.165, 1.54) is 0 Å². The molecule has 18 heavy (non-hydrogen) atoms. The van der Waals surface area contributed by atoms with Gasteiger partial charge in [-0.1, -0.05) is 19.9 Å². The maximum absolute atomic E-state index is 10.3. The van der Waals surface area contributed by atoms with Crippen LogP contribution in [0.3, 0.4) is 0 Å². The minimum Gasteiger partial charge on any atom is -0.494 e. The summed E-state index contributed by atoms with van der Waals surface area (Å²) in [4.78, 5) is 0. The van der Waals surface area contributed by atoms with Crippen LogP contribution in [0.25, 0.3) is 0 Å². The van der Waals surface area contributed by atoms with Crippen LogP contribution in [-0.2, 0) is 0 Å². The summed E-state index contributed by atoms with van der Waals surface area (Å²) in [6.07, 6.45) is -0.498. The highest BCUT2D eigenvalue weighted by Crippen LogP contribution is 2.24. The van der Waals surface area contributed by atoms with Gasteiger partial charge in [0.1, 0.15) is 5.75 Å². The average Bonchev–Trinajstić information content (AvgIpc) is 2.30. The van der Waals surface area contributed by atoms with Crippen molar-refractivity contribution in [2.45, 2.75) is 52.8 Å². The smallest absolute Gasteiger partial charge is 0.122 e. The van der Waals surface area contributed by atoms with Gasteiger partial charge in [0.05, 0.1) is 12.7 Å². The summed E-state index contributed by atoms with van der Waals surface area (Å²) in [5, 5.41) is 13.6. The Bertz CT molecular complexity index is 377. The van der Waals surface area contributed by atoms with E-state index in [4.69, 9.17) is 4.74 Å². The van der Waals surface area contributed by atoms with Crippen molar-refractivity contribution in [3.05, 3.63) is 29.3 Å². The van der Waals surface area contributed by atoms with Gasteiger partial charge >= 0.3 is 0 Å². The number of nitrogens with one attached hydrogen (secondary N) is 1. The molecule has 1 aromatic rings. The average molecular weight is 251 g/mol. The first kappa shape index (κ1) is 15.0. The number of hydrogen-bond donors (Lipinski definition) is 2. The molecule has 0 radical (unpaired) electrons. The molecule has 0 bridgehead atoms. The van der Waals surface area contributed by atoms with Crippen LogP contribution in [0.5, 0.6) is 5.75 Å². The SMILES string of the molecule is CCOc1ccc(C(O)C(C)NC(C)C)cc1C. The molecule has 0 aliphatic heterocycles. The van der Waals surface area contributed by atoms with Crippen molar-refractivity contribution in [1.29, 1.82) is 0 Å². The van der Waals surface area contributed by atoms with Crippen LogP contribution in [0.2, 0.25) is 0 Å². The molecule has 0 saturated carbocycles. The summed E-state index contributed by atoms with van der Waals surface area (Å²) in [6, 6.07) is 6.25. The number of aliphatic hydroxyl groups is 1. The van der Waals surface area contributed by atoms with E-state index in [0.717, 1.165) is 16.9 Å². The number of aryl methyl sites for hydroxylation is 1. The van der Waals surface area contributed by atoms with Crippen molar-refractivity contribution >= 4 is 0 Å². The summed E-state index contributed by atoms with van der Waals surface area (Å²) >= 11 is 0. The molecular formula is C15H25NO2. The van der Waals surface area contributed by atoms with Crippen molar-refractivity contribution in [1.82, 2.24) is 5.32 Å². The zero-order valence-corrected chi connectivity index (χ0v) is 12.0. The Balaban J connectivity index is 2.80. The number of rotatable bonds is 6. The van der Waals surface area contributed by atoms with Gasteiger partial charge in [0.2, 0.25) is 0 Å². The number of aliphatic hydroxyl groups excluding tert-OH is 1. The fourth-order valence-electron chi connectivity index (χ4n) is 2.08. The van der Waals surface area contributed by atoms with Crippen molar-refractivity contribution in [2.24, 2.45) is 0 Å². The third-order valence-electron chi connectivity index (χ3n) is 2.91. The van der Waals surface area contributed by atoms with Crippen LogP contribution < -0.4 is 10.1 Å². The zero-order valence-electron chi connectivity index (χ0n) is 12.0. The molecule has 1 aromatic carbocycles. The second-order valence-corrected chi connectivity index (χ2v) is 5.01. The summed E-state index contributed by atoms with van der Waals surface area (Å²) in [5.41, 5.74) is 1.99. The second kappa shape index (κ2) is 6.76. The fourth-order valence-corrected chi connectivity index (χ4v) is 2.08. The predicted molar refractivity (Wildman–Crippen MR) is 75.0 cm³/mol. The summed E-state index contributed by atoms with van der Waals surface area (Å²) in [5.74, 6) is 0.887. The first-order valence-electron chi connectivity index (χ1n) is 6.63. The van der Waals surface area contributed by atoms with Crippen LogP contribution in [0.1, 0.15) is 44.9 Å². The maximum atomic E-state index is 10.3. The van der Waals surface area contributed by atoms with Gasteiger partial charge in [0, 0.05) is 12.1 Å². The minimum atomic E-state index is -0.498. The third kappa shape index (κ3) is 4.00. The molecule has 3 nitrogen and oxygen atoms in total. The highest BCUT2D eigenvalue weighted by atomic mass is 16.5. The van der Waals surface area contributed by atoms with Crippen molar-refractivity contribution in [2.75, 3.05) is 6.61 Å². The molecule has 1 rings (SSSR count). The first-order valence-corrected chi connectivity index (χ1v) is 6.63. The molecular weight excluding hydrogens is 226 g/mol. The normalized spacial score (nSPS) is 14.6. The largest absolute Gasteiger partial charge is 0.494 e. The van der Waals surface area contributed by atoms with Crippen LogP contribution in [-0.4, -0.2) is 23.8 Å². The standard InChI is InChI=1S/C15H25NO2/c1-6-18-14-8-7-13(9-11(14)4)15(17)12(5)16-10(2)3/h7-10,12,15-17H,6H2,1-5H3. The summed E-state index contributed by atoms with van der Waals surface area (Å²) in [7, 11) is 0. The van der Waals surface area contributed by atoms with E-state index in [-0.39, 0.29) is 6.04 Å². The van der Waals surface area contributed by atoms with Gasteiger partial charge in [-0.3, -0.25) is 0 Å². The van der Waals surface area contributed by atoms with E-state index in [1.807, 2.05) is 39.0 Å². The van der Waals surface area contributed by atoms with E-state index in [2.05, 4.69) is 19.2 Å². The lowest BCUT2D eigenvalue weighted by Crippen LogP contribution is -2.36. The van der Waals surface area contributed by atoms with Gasteiger partial charge in [-0.05, 0) is 44.0 Å². The lowest BCUT2D eigenvalue weighted by Gasteiger charge is -2.23. The van der Waals surface area contributed by atoms with E-state index < -0.39 is 6.10 Å². The quantitative estimate of drug-likeness (QED) is 0.817. The van der Waals surface area contributed by atoms with E-state index in [9.17, 15) is 5.11 Å². The summed E-state index contributed by atoms with van der Waals surface area (Å²) < 4.78 is 5.50. The third-order valence-corrected chi connectivity index (χ3v) is 2.91. The predicted octanol–water partition coefficient (Wildman–Crippen LogP) is 2.81. The second-order valence-electron chi connectivity index (χ2n) is 5.01. The van der Waals surface area contributed by atoms with Gasteiger partial charge < -0.3 is 15.2 Å². The van der Waals surface area contributed by atoms with Crippen LogP contribution in [0.15, 0.2) is 18.2 Å². The Hall–Kier alpha value is -1.06. The molecule has 0 aliphatic rings. The number of benzene rings is 1. The topological polar surface area (TPSA) is 41.5 Å². The zero-order chi connectivity index (χ0) is 13.7. The minimum absolute atomic E-state index is 0.0299. The van der Waals surface area contributed by atoms with Crippen LogP contribution in [0.4, 0.5) is 0 Å². The van der Waals surface area contributed by atoms with Crippen molar-refractivity contribution in [3.63, 3.8) is 0 Å². The Morgan fingerprint density at radius 3 is 2.44 bits per heavy atom. The molecule has 3 heteroatoms. The van der Waals surface area contributed by atoms with Crippen LogP contribution in [0, 0.1) is 6.92 Å². The van der Waals surface area contributed by atoms with Gasteiger partial charge in [0.15, 0.2) is 0 Å². The Morgan fingerprint density at radius 1 is 1.28 bits per heavy atom. The summed E-state index contributed by atoms with van der Waals surface area (Å²) in [6.45, 7) is 10.8. The molecule has 0 aliphatic carbocycles. The molecule has 0 heterocycles. The molecule has 0 fully saturated rings. The Morgan fingerprint density at radius 2 is 1.94 bits per heavy atom. The number of hydrogen-bond acceptors (Lipinski definition) is 3. The maximum Gasteiger partial charge on any atom is 0.122 e. The lowest BCUT2D eigenvalue weighted by atomic mass is 10.0. The van der Waals surface area contributed by atoms with Gasteiger partial charge in [-0.15, -0.1) is 0 Å². The van der Waals surface area contributed by atoms with Crippen molar-refractivity contribution in [3.8, 4) is 5.75 Å². The monoisotopic (exact) mass is 251 g/mol. The molecule has 0 spiro atoms. The molecule has 0 saturated heterocycles. The fraction of sp³-hybridized carbons (Fsp3) is 0.600. The Labute approximate surface area is 110 Å². The first-order chi connectivity index (χ1) is 8.45. The van der Waals surface area contributed by atoms with Crippen molar-refractivity contribution < 1.29 is 9.84 Å². The highest BCUT2D eigenvalue weighted by molar-refractivity contribution is 5.37. The molecule has 2 N–H and O–H groups in total. The Kier molecular flexibility index (Phi) is 5.63. The van der Waals surface area contributed by atoms with Gasteiger partial charge in [-0.25, -0.2) is 0 Å². The molecule has 0 amide bonds.